The van der Waals surface area contributed by atoms with Gasteiger partial charge in [0.05, 0.1) is 0 Å². The summed E-state index contributed by atoms with van der Waals surface area (Å²) < 4.78 is 0. The molecular formula is C28H33NO3. The lowest BCUT2D eigenvalue weighted by molar-refractivity contribution is -0.140. The van der Waals surface area contributed by atoms with Crippen molar-refractivity contribution >= 4 is 17.5 Å². The van der Waals surface area contributed by atoms with E-state index in [1.54, 1.807) is 0 Å². The maximum atomic E-state index is 13.6. The summed E-state index contributed by atoms with van der Waals surface area (Å²) in [6.07, 6.45) is 8.34. The van der Waals surface area contributed by atoms with Crippen LogP contribution in [0, 0.1) is 5.92 Å². The summed E-state index contributed by atoms with van der Waals surface area (Å²) >= 11 is 0. The van der Waals surface area contributed by atoms with Crippen LogP contribution in [0.15, 0.2) is 47.6 Å². The summed E-state index contributed by atoms with van der Waals surface area (Å²) in [5.74, 6) is -0.206. The summed E-state index contributed by atoms with van der Waals surface area (Å²) in [5.41, 5.74) is 5.96. The summed E-state index contributed by atoms with van der Waals surface area (Å²) in [6, 6.07) is 14.6. The molecule has 0 spiro atoms. The molecule has 2 aliphatic rings. The Morgan fingerprint density at radius 2 is 1.66 bits per heavy atom. The average Bonchev–Trinajstić information content (AvgIpc) is 3.11. The number of hydrogen-bond donors (Lipinski definition) is 0. The second-order valence-electron chi connectivity index (χ2n) is 9.25. The minimum absolute atomic E-state index is 0.0845. The molecule has 1 fully saturated rings. The minimum atomic E-state index is -0.501. The monoisotopic (exact) mass is 431 g/mol. The van der Waals surface area contributed by atoms with E-state index in [9.17, 15) is 9.59 Å². The number of hydrogen-bond acceptors (Lipinski definition) is 4. The predicted molar refractivity (Wildman–Crippen MR) is 128 cm³/mol. The average molecular weight is 432 g/mol. The van der Waals surface area contributed by atoms with Crippen LogP contribution in [0.5, 0.6) is 0 Å². The number of Topliss-reactive ketones (excluding diaryl/α,β-unsaturated/α-hetero) is 1. The van der Waals surface area contributed by atoms with Gasteiger partial charge in [-0.1, -0.05) is 87.5 Å². The van der Waals surface area contributed by atoms with Gasteiger partial charge in [0.15, 0.2) is 0 Å². The smallest absolute Gasteiger partial charge is 0.318 e. The third kappa shape index (κ3) is 4.03. The van der Waals surface area contributed by atoms with Crippen LogP contribution in [0.3, 0.4) is 0 Å². The van der Waals surface area contributed by atoms with Crippen LogP contribution in [0.1, 0.15) is 93.6 Å². The molecule has 0 amide bonds. The van der Waals surface area contributed by atoms with Crippen molar-refractivity contribution in [2.45, 2.75) is 77.6 Å². The zero-order valence-electron chi connectivity index (χ0n) is 19.4. The van der Waals surface area contributed by atoms with Crippen molar-refractivity contribution in [1.29, 1.82) is 0 Å². The normalized spacial score (nSPS) is 17.5. The van der Waals surface area contributed by atoms with Crippen molar-refractivity contribution in [3.05, 3.63) is 59.2 Å². The van der Waals surface area contributed by atoms with Crippen LogP contribution in [-0.2, 0) is 15.0 Å². The largest absolute Gasteiger partial charge is 0.331 e. The van der Waals surface area contributed by atoms with E-state index in [1.165, 1.54) is 48.4 Å². The molecule has 32 heavy (non-hydrogen) atoms. The highest BCUT2D eigenvalue weighted by atomic mass is 16.7. The standard InChI is InChI=1S/C28H33NO3/c1-4-28(5-2)24-14-10-9-13-22(24)23-16-15-21(18-25(23)28)27(31)26(29-32-19(3)30)17-20-11-7-6-8-12-20/h9-10,13-16,18,20H,4-8,11-12,17H2,1-3H3/b29-26+. The number of ketones is 1. The zero-order valence-corrected chi connectivity index (χ0v) is 19.4. The van der Waals surface area contributed by atoms with Crippen LogP contribution in [-0.4, -0.2) is 17.5 Å². The molecule has 2 aromatic rings. The number of carbonyl (C=O) groups is 2. The lowest BCUT2D eigenvalue weighted by Gasteiger charge is -2.29. The third-order valence-electron chi connectivity index (χ3n) is 7.49. The molecule has 4 rings (SSSR count). The number of carbonyl (C=O) groups excluding carboxylic acids is 2. The Morgan fingerprint density at radius 3 is 2.34 bits per heavy atom. The lowest BCUT2D eigenvalue weighted by atomic mass is 9.73. The molecule has 0 N–H and O–H groups in total. The molecule has 0 bridgehead atoms. The van der Waals surface area contributed by atoms with Gasteiger partial charge in [0, 0.05) is 17.9 Å². The Labute approximate surface area is 191 Å². The number of rotatable bonds is 7. The fourth-order valence-corrected chi connectivity index (χ4v) is 5.73. The van der Waals surface area contributed by atoms with Crippen molar-refractivity contribution in [2.24, 2.45) is 11.1 Å². The maximum Gasteiger partial charge on any atom is 0.331 e. The Morgan fingerprint density at radius 1 is 0.969 bits per heavy atom. The van der Waals surface area contributed by atoms with Gasteiger partial charge in [-0.05, 0) is 53.5 Å². The van der Waals surface area contributed by atoms with Crippen molar-refractivity contribution in [1.82, 2.24) is 0 Å². The molecule has 0 radical (unpaired) electrons. The molecule has 0 atom stereocenters. The van der Waals surface area contributed by atoms with Crippen LogP contribution in [0.4, 0.5) is 0 Å². The fourth-order valence-electron chi connectivity index (χ4n) is 5.73. The van der Waals surface area contributed by atoms with Gasteiger partial charge >= 0.3 is 5.97 Å². The van der Waals surface area contributed by atoms with Gasteiger partial charge in [-0.15, -0.1) is 0 Å². The van der Waals surface area contributed by atoms with Crippen molar-refractivity contribution in [3.8, 4) is 11.1 Å². The Kier molecular flexibility index (Phi) is 6.59. The highest BCUT2D eigenvalue weighted by Gasteiger charge is 2.40. The van der Waals surface area contributed by atoms with Crippen molar-refractivity contribution < 1.29 is 14.4 Å². The summed E-state index contributed by atoms with van der Waals surface area (Å²) in [5, 5.41) is 4.02. The minimum Gasteiger partial charge on any atom is -0.318 e. The third-order valence-corrected chi connectivity index (χ3v) is 7.49. The van der Waals surface area contributed by atoms with Crippen molar-refractivity contribution in [3.63, 3.8) is 0 Å². The molecule has 0 aromatic heterocycles. The molecule has 1 saturated carbocycles. The van der Waals surface area contributed by atoms with Gasteiger partial charge in [-0.2, -0.15) is 0 Å². The predicted octanol–water partition coefficient (Wildman–Crippen LogP) is 6.85. The number of fused-ring (bicyclic) bond motifs is 3. The van der Waals surface area contributed by atoms with Crippen LogP contribution in [0.25, 0.3) is 11.1 Å². The van der Waals surface area contributed by atoms with Crippen LogP contribution in [0.2, 0.25) is 0 Å². The van der Waals surface area contributed by atoms with Gasteiger partial charge in [-0.25, -0.2) is 4.79 Å². The van der Waals surface area contributed by atoms with E-state index in [2.05, 4.69) is 55.4 Å². The van der Waals surface area contributed by atoms with E-state index in [0.717, 1.165) is 25.7 Å². The molecule has 2 aromatic carbocycles. The SMILES string of the molecule is CCC1(CC)c2ccccc2-c2ccc(C(=O)/C(CC3CCCCC3)=N/OC(C)=O)cc21. The quantitative estimate of drug-likeness (QED) is 0.209. The molecule has 0 heterocycles. The first-order chi connectivity index (χ1) is 15.5. The van der Waals surface area contributed by atoms with E-state index >= 15 is 0 Å². The highest BCUT2D eigenvalue weighted by molar-refractivity contribution is 6.46. The van der Waals surface area contributed by atoms with Crippen LogP contribution < -0.4 is 0 Å². The van der Waals surface area contributed by atoms with E-state index in [4.69, 9.17) is 4.84 Å². The lowest BCUT2D eigenvalue weighted by Crippen LogP contribution is -2.24. The van der Waals surface area contributed by atoms with Gasteiger partial charge < -0.3 is 4.84 Å². The Hall–Kier alpha value is -2.75. The van der Waals surface area contributed by atoms with E-state index in [0.29, 0.717) is 23.6 Å². The molecule has 0 unspecified atom stereocenters. The molecule has 2 aliphatic carbocycles. The summed E-state index contributed by atoms with van der Waals surface area (Å²) in [4.78, 5) is 29.9. The van der Waals surface area contributed by atoms with Crippen LogP contribution >= 0.6 is 0 Å². The maximum absolute atomic E-state index is 13.6. The topological polar surface area (TPSA) is 55.7 Å². The second-order valence-corrected chi connectivity index (χ2v) is 9.25. The number of oxime groups is 1. The molecule has 168 valence electrons. The first-order valence-electron chi connectivity index (χ1n) is 12.0. The molecule has 0 saturated heterocycles. The van der Waals surface area contributed by atoms with Gasteiger partial charge in [0.1, 0.15) is 5.71 Å². The number of nitrogens with zero attached hydrogens (tertiary/aromatic N) is 1. The first-order valence-corrected chi connectivity index (χ1v) is 12.0. The highest BCUT2D eigenvalue weighted by Crippen LogP contribution is 2.52. The van der Waals surface area contributed by atoms with E-state index < -0.39 is 5.97 Å². The van der Waals surface area contributed by atoms with E-state index in [-0.39, 0.29) is 11.2 Å². The van der Waals surface area contributed by atoms with Crippen molar-refractivity contribution in [2.75, 3.05) is 0 Å². The summed E-state index contributed by atoms with van der Waals surface area (Å²) in [6.45, 7) is 5.76. The second kappa shape index (κ2) is 9.40. The van der Waals surface area contributed by atoms with Gasteiger partial charge in [0.25, 0.3) is 0 Å². The number of benzene rings is 2. The fraction of sp³-hybridized carbons (Fsp3) is 0.464. The summed E-state index contributed by atoms with van der Waals surface area (Å²) in [7, 11) is 0. The van der Waals surface area contributed by atoms with Gasteiger partial charge in [-0.3, -0.25) is 4.79 Å². The molecular weight excluding hydrogens is 398 g/mol. The zero-order chi connectivity index (χ0) is 22.7. The molecule has 4 heteroatoms. The first kappa shape index (κ1) is 22.4. The Bertz CT molecular complexity index is 1040. The van der Waals surface area contributed by atoms with E-state index in [1.807, 2.05) is 6.07 Å². The molecule has 4 nitrogen and oxygen atoms in total. The molecule has 0 aliphatic heterocycles. The van der Waals surface area contributed by atoms with Gasteiger partial charge in [0.2, 0.25) is 5.78 Å². The Balaban J connectivity index is 1.71.